The van der Waals surface area contributed by atoms with Crippen molar-refractivity contribution in [2.75, 3.05) is 11.9 Å². The van der Waals surface area contributed by atoms with Crippen molar-refractivity contribution in [1.29, 1.82) is 0 Å². The third-order valence-corrected chi connectivity index (χ3v) is 4.48. The molecule has 0 bridgehead atoms. The molecule has 0 saturated carbocycles. The first-order chi connectivity index (χ1) is 9.15. The van der Waals surface area contributed by atoms with E-state index in [2.05, 4.69) is 29.3 Å². The fourth-order valence-electron chi connectivity index (χ4n) is 2.14. The Bertz CT molecular complexity index is 548. The Morgan fingerprint density at radius 1 is 1.26 bits per heavy atom. The van der Waals surface area contributed by atoms with Crippen LogP contribution in [0.15, 0.2) is 41.8 Å². The molecule has 0 aliphatic carbocycles. The van der Waals surface area contributed by atoms with Gasteiger partial charge in [-0.2, -0.15) is 0 Å². The standard InChI is InChI=1S/C16H19NOS/c1-4-15(18)13-8-5-6-9-14(13)17(3)12(2)16-10-7-11-19-16/h5-12H,4H2,1-3H3. The van der Waals surface area contributed by atoms with E-state index in [9.17, 15) is 4.79 Å². The molecular formula is C16H19NOS. The lowest BCUT2D eigenvalue weighted by molar-refractivity contribution is 0.0988. The molecule has 1 unspecified atom stereocenters. The molecule has 1 aromatic heterocycles. The van der Waals surface area contributed by atoms with Crippen LogP contribution < -0.4 is 4.90 Å². The molecule has 0 amide bonds. The highest BCUT2D eigenvalue weighted by Crippen LogP contribution is 2.30. The Balaban J connectivity index is 2.33. The number of ketones is 1. The number of anilines is 1. The Morgan fingerprint density at radius 2 is 2.00 bits per heavy atom. The highest BCUT2D eigenvalue weighted by atomic mass is 32.1. The van der Waals surface area contributed by atoms with E-state index >= 15 is 0 Å². The van der Waals surface area contributed by atoms with Crippen LogP contribution in [0.2, 0.25) is 0 Å². The first-order valence-corrected chi connectivity index (χ1v) is 7.41. The highest BCUT2D eigenvalue weighted by Gasteiger charge is 2.18. The van der Waals surface area contributed by atoms with Gasteiger partial charge in [0.15, 0.2) is 5.78 Å². The zero-order valence-corrected chi connectivity index (χ0v) is 12.4. The molecule has 0 fully saturated rings. The normalized spacial score (nSPS) is 12.2. The van der Waals surface area contributed by atoms with Crippen LogP contribution in [0.4, 0.5) is 5.69 Å². The molecule has 1 heterocycles. The van der Waals surface area contributed by atoms with E-state index in [1.54, 1.807) is 11.3 Å². The zero-order chi connectivity index (χ0) is 13.8. The van der Waals surface area contributed by atoms with Gasteiger partial charge >= 0.3 is 0 Å². The van der Waals surface area contributed by atoms with Gasteiger partial charge in [-0.1, -0.05) is 25.1 Å². The monoisotopic (exact) mass is 273 g/mol. The number of hydrogen-bond donors (Lipinski definition) is 0. The van der Waals surface area contributed by atoms with Crippen molar-refractivity contribution >= 4 is 22.8 Å². The molecule has 0 N–H and O–H groups in total. The van der Waals surface area contributed by atoms with E-state index < -0.39 is 0 Å². The second-order valence-electron chi connectivity index (χ2n) is 4.60. The largest absolute Gasteiger partial charge is 0.366 e. The second kappa shape index (κ2) is 6.02. The van der Waals surface area contributed by atoms with Gasteiger partial charge in [0.2, 0.25) is 0 Å². The third kappa shape index (κ3) is 2.87. The lowest BCUT2D eigenvalue weighted by atomic mass is 10.0. The molecule has 2 rings (SSSR count). The first-order valence-electron chi connectivity index (χ1n) is 6.53. The van der Waals surface area contributed by atoms with Crippen molar-refractivity contribution in [3.05, 3.63) is 52.2 Å². The maximum atomic E-state index is 12.0. The fraction of sp³-hybridized carbons (Fsp3) is 0.312. The number of benzene rings is 1. The number of Topliss-reactive ketones (excluding diaryl/α,β-unsaturated/α-hetero) is 1. The van der Waals surface area contributed by atoms with Crippen molar-refractivity contribution < 1.29 is 4.79 Å². The molecule has 0 saturated heterocycles. The van der Waals surface area contributed by atoms with Gasteiger partial charge in [0.25, 0.3) is 0 Å². The Labute approximate surface area is 118 Å². The maximum Gasteiger partial charge on any atom is 0.164 e. The number of carbonyl (C=O) groups excluding carboxylic acids is 1. The number of nitrogens with zero attached hydrogens (tertiary/aromatic N) is 1. The van der Waals surface area contributed by atoms with Crippen molar-refractivity contribution in [2.45, 2.75) is 26.3 Å². The molecule has 0 spiro atoms. The number of carbonyl (C=O) groups is 1. The van der Waals surface area contributed by atoms with Crippen molar-refractivity contribution in [3.8, 4) is 0 Å². The van der Waals surface area contributed by atoms with Crippen LogP contribution in [0.25, 0.3) is 0 Å². The summed E-state index contributed by atoms with van der Waals surface area (Å²) in [6, 6.07) is 12.3. The summed E-state index contributed by atoms with van der Waals surface area (Å²) >= 11 is 1.75. The number of rotatable bonds is 5. The van der Waals surface area contributed by atoms with Gasteiger partial charge in [0.1, 0.15) is 0 Å². The molecule has 1 aromatic carbocycles. The van der Waals surface area contributed by atoms with Gasteiger partial charge in [0.05, 0.1) is 6.04 Å². The fourth-order valence-corrected chi connectivity index (χ4v) is 2.96. The summed E-state index contributed by atoms with van der Waals surface area (Å²) in [7, 11) is 2.05. The molecule has 2 nitrogen and oxygen atoms in total. The highest BCUT2D eigenvalue weighted by molar-refractivity contribution is 7.10. The van der Waals surface area contributed by atoms with Gasteiger partial charge in [-0.25, -0.2) is 0 Å². The molecule has 1 atom stereocenters. The summed E-state index contributed by atoms with van der Waals surface area (Å²) in [6.07, 6.45) is 0.540. The van der Waals surface area contributed by atoms with Crippen molar-refractivity contribution in [3.63, 3.8) is 0 Å². The summed E-state index contributed by atoms with van der Waals surface area (Å²) < 4.78 is 0. The van der Waals surface area contributed by atoms with Crippen LogP contribution in [0.3, 0.4) is 0 Å². The summed E-state index contributed by atoms with van der Waals surface area (Å²) in [5.41, 5.74) is 1.83. The van der Waals surface area contributed by atoms with Crippen LogP contribution in [-0.2, 0) is 0 Å². The number of para-hydroxylation sites is 1. The van der Waals surface area contributed by atoms with E-state index in [-0.39, 0.29) is 11.8 Å². The van der Waals surface area contributed by atoms with Crippen LogP contribution in [0.5, 0.6) is 0 Å². The smallest absolute Gasteiger partial charge is 0.164 e. The molecule has 0 aliphatic rings. The Morgan fingerprint density at radius 3 is 2.63 bits per heavy atom. The van der Waals surface area contributed by atoms with Gasteiger partial charge in [-0.3, -0.25) is 4.79 Å². The lowest BCUT2D eigenvalue weighted by Crippen LogP contribution is -2.23. The van der Waals surface area contributed by atoms with E-state index in [1.165, 1.54) is 4.88 Å². The Hall–Kier alpha value is -1.61. The van der Waals surface area contributed by atoms with Crippen LogP contribution in [0.1, 0.15) is 41.5 Å². The van der Waals surface area contributed by atoms with Gasteiger partial charge in [-0.05, 0) is 30.5 Å². The Kier molecular flexibility index (Phi) is 4.38. The molecule has 0 aliphatic heterocycles. The minimum Gasteiger partial charge on any atom is -0.366 e. The van der Waals surface area contributed by atoms with Gasteiger partial charge in [0, 0.05) is 29.6 Å². The summed E-state index contributed by atoms with van der Waals surface area (Å²) in [4.78, 5) is 15.5. The molecule has 0 radical (unpaired) electrons. The first kappa shape index (κ1) is 13.8. The molecular weight excluding hydrogens is 254 g/mol. The van der Waals surface area contributed by atoms with Crippen molar-refractivity contribution in [1.82, 2.24) is 0 Å². The lowest BCUT2D eigenvalue weighted by Gasteiger charge is -2.28. The molecule has 100 valence electrons. The quantitative estimate of drug-likeness (QED) is 0.745. The van der Waals surface area contributed by atoms with Crippen LogP contribution in [-0.4, -0.2) is 12.8 Å². The topological polar surface area (TPSA) is 20.3 Å². The van der Waals surface area contributed by atoms with Gasteiger partial charge < -0.3 is 4.90 Å². The molecule has 19 heavy (non-hydrogen) atoms. The van der Waals surface area contributed by atoms with E-state index in [4.69, 9.17) is 0 Å². The van der Waals surface area contributed by atoms with E-state index in [0.717, 1.165) is 11.3 Å². The minimum absolute atomic E-state index is 0.195. The number of thiophene rings is 1. The average molecular weight is 273 g/mol. The van der Waals surface area contributed by atoms with Crippen LogP contribution >= 0.6 is 11.3 Å². The molecule has 3 heteroatoms. The van der Waals surface area contributed by atoms with Gasteiger partial charge in [-0.15, -0.1) is 11.3 Å². The molecule has 2 aromatic rings. The van der Waals surface area contributed by atoms with E-state index in [0.29, 0.717) is 6.42 Å². The summed E-state index contributed by atoms with van der Waals surface area (Å²) in [6.45, 7) is 4.07. The van der Waals surface area contributed by atoms with E-state index in [1.807, 2.05) is 38.2 Å². The SMILES string of the molecule is CCC(=O)c1ccccc1N(C)C(C)c1cccs1. The summed E-state index contributed by atoms with van der Waals surface area (Å²) in [5.74, 6) is 0.195. The van der Waals surface area contributed by atoms with Crippen LogP contribution in [0, 0.1) is 0 Å². The summed E-state index contributed by atoms with van der Waals surface area (Å²) in [5, 5.41) is 2.09. The zero-order valence-electron chi connectivity index (χ0n) is 11.6. The second-order valence-corrected chi connectivity index (χ2v) is 5.58. The van der Waals surface area contributed by atoms with Crippen molar-refractivity contribution in [2.24, 2.45) is 0 Å². The predicted molar refractivity (Wildman–Crippen MR) is 82.2 cm³/mol. The predicted octanol–water partition coefficient (Wildman–Crippen LogP) is 4.54. The third-order valence-electron chi connectivity index (χ3n) is 3.44. The number of hydrogen-bond acceptors (Lipinski definition) is 3. The average Bonchev–Trinajstić information content (AvgIpc) is 2.99. The minimum atomic E-state index is 0.195. The maximum absolute atomic E-state index is 12.0.